The summed E-state index contributed by atoms with van der Waals surface area (Å²) in [6.45, 7) is 0. The number of benzene rings is 2. The highest BCUT2D eigenvalue weighted by atomic mass is 79.9. The molecule has 0 fully saturated rings. The zero-order chi connectivity index (χ0) is 18.8. The molecule has 6 nitrogen and oxygen atoms in total. The highest BCUT2D eigenvalue weighted by Crippen LogP contribution is 2.14. The standard InChI is InChI=1S/C19H20BrN3O3/c1-26-17-5-2-4-14(12-17)13-21-23-19(25)7-3-6-18(24)22-16-10-8-15(20)9-11-16/h2,4-5,8-13H,3,6-7H2,1H3,(H,22,24)(H,23,25). The van der Waals surface area contributed by atoms with Crippen molar-refractivity contribution in [3.8, 4) is 5.75 Å². The fourth-order valence-electron chi connectivity index (χ4n) is 2.12. The molecule has 0 radical (unpaired) electrons. The van der Waals surface area contributed by atoms with Crippen molar-refractivity contribution in [2.24, 2.45) is 5.10 Å². The SMILES string of the molecule is COc1cccc(C=NNC(=O)CCCC(=O)Nc2ccc(Br)cc2)c1. The number of methoxy groups -OCH3 is 1. The molecule has 0 aliphatic carbocycles. The van der Waals surface area contributed by atoms with Crippen LogP contribution in [0, 0.1) is 0 Å². The summed E-state index contributed by atoms with van der Waals surface area (Å²) in [6, 6.07) is 14.6. The molecule has 136 valence electrons. The number of carbonyl (C=O) groups excluding carboxylic acids is 2. The van der Waals surface area contributed by atoms with Crippen LogP contribution < -0.4 is 15.5 Å². The van der Waals surface area contributed by atoms with Gasteiger partial charge in [-0.05, 0) is 48.4 Å². The summed E-state index contributed by atoms with van der Waals surface area (Å²) in [4.78, 5) is 23.6. The average molecular weight is 418 g/mol. The predicted octanol–water partition coefficient (Wildman–Crippen LogP) is 3.72. The number of halogens is 1. The number of hydrogen-bond donors (Lipinski definition) is 2. The van der Waals surface area contributed by atoms with Gasteiger partial charge in [-0.3, -0.25) is 9.59 Å². The molecule has 0 atom stereocenters. The molecule has 26 heavy (non-hydrogen) atoms. The topological polar surface area (TPSA) is 79.8 Å². The maximum absolute atomic E-state index is 11.8. The summed E-state index contributed by atoms with van der Waals surface area (Å²) in [5.41, 5.74) is 4.00. The van der Waals surface area contributed by atoms with Gasteiger partial charge in [-0.2, -0.15) is 5.10 Å². The minimum atomic E-state index is -0.236. The molecule has 0 spiro atoms. The third-order valence-corrected chi connectivity index (χ3v) is 3.96. The summed E-state index contributed by atoms with van der Waals surface area (Å²) >= 11 is 3.34. The van der Waals surface area contributed by atoms with Crippen molar-refractivity contribution >= 4 is 39.6 Å². The van der Waals surface area contributed by atoms with E-state index in [1.54, 1.807) is 13.3 Å². The van der Waals surface area contributed by atoms with E-state index in [-0.39, 0.29) is 24.7 Å². The molecule has 0 unspecified atom stereocenters. The van der Waals surface area contributed by atoms with E-state index in [1.807, 2.05) is 48.5 Å². The van der Waals surface area contributed by atoms with Crippen LogP contribution in [0.25, 0.3) is 0 Å². The Bertz CT molecular complexity index is 776. The van der Waals surface area contributed by atoms with E-state index in [4.69, 9.17) is 4.74 Å². The normalized spacial score (nSPS) is 10.5. The number of rotatable bonds is 8. The number of carbonyl (C=O) groups is 2. The van der Waals surface area contributed by atoms with E-state index in [9.17, 15) is 9.59 Å². The van der Waals surface area contributed by atoms with Gasteiger partial charge in [0.15, 0.2) is 0 Å². The van der Waals surface area contributed by atoms with Crippen molar-refractivity contribution < 1.29 is 14.3 Å². The molecule has 2 N–H and O–H groups in total. The summed E-state index contributed by atoms with van der Waals surface area (Å²) in [6.07, 6.45) is 2.48. The van der Waals surface area contributed by atoms with Crippen LogP contribution >= 0.6 is 15.9 Å². The molecule has 0 saturated heterocycles. The molecule has 7 heteroatoms. The average Bonchev–Trinajstić information content (AvgIpc) is 2.64. The molecular formula is C19H20BrN3O3. The van der Waals surface area contributed by atoms with Crippen LogP contribution in [0.4, 0.5) is 5.69 Å². The highest BCUT2D eigenvalue weighted by Gasteiger charge is 2.05. The van der Waals surface area contributed by atoms with Crippen LogP contribution in [0.2, 0.25) is 0 Å². The van der Waals surface area contributed by atoms with E-state index >= 15 is 0 Å². The number of hydrazone groups is 1. The molecule has 2 rings (SSSR count). The van der Waals surface area contributed by atoms with E-state index in [2.05, 4.69) is 31.8 Å². The van der Waals surface area contributed by atoms with Crippen LogP contribution in [0.15, 0.2) is 58.1 Å². The Kier molecular flexibility index (Phi) is 7.82. The van der Waals surface area contributed by atoms with Gasteiger partial charge in [0.1, 0.15) is 5.75 Å². The first kappa shape index (κ1) is 19.7. The largest absolute Gasteiger partial charge is 0.497 e. The molecule has 2 aromatic rings. The van der Waals surface area contributed by atoms with Gasteiger partial charge in [0.05, 0.1) is 13.3 Å². The predicted molar refractivity (Wildman–Crippen MR) is 105 cm³/mol. The Labute approximate surface area is 160 Å². The van der Waals surface area contributed by atoms with Gasteiger partial charge in [-0.1, -0.05) is 28.1 Å². The number of nitrogens with zero attached hydrogens (tertiary/aromatic N) is 1. The Morgan fingerprint density at radius 3 is 2.58 bits per heavy atom. The number of ether oxygens (including phenoxy) is 1. The van der Waals surface area contributed by atoms with Gasteiger partial charge >= 0.3 is 0 Å². The van der Waals surface area contributed by atoms with Crippen molar-refractivity contribution in [3.05, 3.63) is 58.6 Å². The van der Waals surface area contributed by atoms with Crippen LogP contribution in [0.5, 0.6) is 5.75 Å². The molecule has 0 aliphatic rings. The Morgan fingerprint density at radius 1 is 1.12 bits per heavy atom. The van der Waals surface area contributed by atoms with Gasteiger partial charge < -0.3 is 10.1 Å². The van der Waals surface area contributed by atoms with Crippen molar-refractivity contribution in [2.45, 2.75) is 19.3 Å². The number of nitrogens with one attached hydrogen (secondary N) is 2. The van der Waals surface area contributed by atoms with Crippen LogP contribution in [-0.2, 0) is 9.59 Å². The van der Waals surface area contributed by atoms with Gasteiger partial charge in [0.25, 0.3) is 0 Å². The second-order valence-corrected chi connectivity index (χ2v) is 6.39. The van der Waals surface area contributed by atoms with Gasteiger partial charge in [0.2, 0.25) is 11.8 Å². The summed E-state index contributed by atoms with van der Waals surface area (Å²) in [5, 5.41) is 6.69. The number of amides is 2. The zero-order valence-corrected chi connectivity index (χ0v) is 16.0. The monoisotopic (exact) mass is 417 g/mol. The molecular weight excluding hydrogens is 398 g/mol. The summed E-state index contributed by atoms with van der Waals surface area (Å²) < 4.78 is 6.06. The minimum absolute atomic E-state index is 0.125. The van der Waals surface area contributed by atoms with Crippen molar-refractivity contribution in [1.29, 1.82) is 0 Å². The lowest BCUT2D eigenvalue weighted by Gasteiger charge is -2.05. The maximum atomic E-state index is 11.8. The molecule has 2 aromatic carbocycles. The Hall–Kier alpha value is -2.67. The number of anilines is 1. The Balaban J connectivity index is 1.67. The first-order chi connectivity index (χ1) is 12.6. The van der Waals surface area contributed by atoms with Crippen LogP contribution in [0.3, 0.4) is 0 Å². The molecule has 0 aromatic heterocycles. The lowest BCUT2D eigenvalue weighted by Crippen LogP contribution is -2.18. The fraction of sp³-hybridized carbons (Fsp3) is 0.211. The van der Waals surface area contributed by atoms with Gasteiger partial charge in [0, 0.05) is 23.0 Å². The smallest absolute Gasteiger partial charge is 0.240 e. The third kappa shape index (κ3) is 7.06. The minimum Gasteiger partial charge on any atom is -0.497 e. The van der Waals surface area contributed by atoms with Crippen molar-refractivity contribution in [3.63, 3.8) is 0 Å². The molecule has 0 bridgehead atoms. The molecule has 0 saturated carbocycles. The quantitative estimate of drug-likeness (QED) is 0.507. The van der Waals surface area contributed by atoms with Crippen LogP contribution in [0.1, 0.15) is 24.8 Å². The maximum Gasteiger partial charge on any atom is 0.240 e. The summed E-state index contributed by atoms with van der Waals surface area (Å²) in [7, 11) is 1.59. The molecule has 2 amide bonds. The first-order valence-electron chi connectivity index (χ1n) is 8.08. The molecule has 0 aliphatic heterocycles. The molecule has 0 heterocycles. The van der Waals surface area contributed by atoms with E-state index in [0.29, 0.717) is 6.42 Å². The van der Waals surface area contributed by atoms with Crippen LogP contribution in [-0.4, -0.2) is 25.1 Å². The highest BCUT2D eigenvalue weighted by molar-refractivity contribution is 9.10. The van der Waals surface area contributed by atoms with E-state index < -0.39 is 0 Å². The van der Waals surface area contributed by atoms with E-state index in [1.165, 1.54) is 0 Å². The van der Waals surface area contributed by atoms with Gasteiger partial charge in [-0.15, -0.1) is 0 Å². The zero-order valence-electron chi connectivity index (χ0n) is 14.4. The lowest BCUT2D eigenvalue weighted by molar-refractivity contribution is -0.121. The van der Waals surface area contributed by atoms with E-state index in [0.717, 1.165) is 21.5 Å². The first-order valence-corrected chi connectivity index (χ1v) is 8.87. The number of hydrogen-bond acceptors (Lipinski definition) is 4. The second kappa shape index (κ2) is 10.4. The lowest BCUT2D eigenvalue weighted by atomic mass is 10.2. The third-order valence-electron chi connectivity index (χ3n) is 3.43. The Morgan fingerprint density at radius 2 is 1.85 bits per heavy atom. The summed E-state index contributed by atoms with van der Waals surface area (Å²) in [5.74, 6) is 0.359. The second-order valence-electron chi connectivity index (χ2n) is 5.48. The fourth-order valence-corrected chi connectivity index (χ4v) is 2.39. The van der Waals surface area contributed by atoms with Crippen molar-refractivity contribution in [1.82, 2.24) is 5.43 Å². The van der Waals surface area contributed by atoms with Gasteiger partial charge in [-0.25, -0.2) is 5.43 Å². The van der Waals surface area contributed by atoms with Crippen molar-refractivity contribution in [2.75, 3.05) is 12.4 Å².